The number of hydrogen-bond acceptors (Lipinski definition) is 2. The highest BCUT2D eigenvalue weighted by Gasteiger charge is 2.41. The van der Waals surface area contributed by atoms with Crippen LogP contribution in [0.4, 0.5) is 0 Å². The Morgan fingerprint density at radius 1 is 0.708 bits per heavy atom. The highest BCUT2D eigenvalue weighted by Crippen LogP contribution is 2.43. The maximum Gasteiger partial charge on any atom is 0.227 e. The van der Waals surface area contributed by atoms with Crippen LogP contribution in [0, 0.1) is 17.3 Å². The lowest BCUT2D eigenvalue weighted by atomic mass is 9.69. The number of amides is 2. The Labute approximate surface area is 145 Å². The molecule has 2 aliphatic heterocycles. The Balaban J connectivity index is 1.38. The minimum atomic E-state index is 0.0557. The van der Waals surface area contributed by atoms with Crippen LogP contribution in [0.15, 0.2) is 0 Å². The third-order valence-corrected chi connectivity index (χ3v) is 6.90. The van der Waals surface area contributed by atoms with Gasteiger partial charge in [-0.3, -0.25) is 9.59 Å². The van der Waals surface area contributed by atoms with Crippen molar-refractivity contribution in [2.45, 2.75) is 70.6 Å². The molecule has 2 amide bonds. The van der Waals surface area contributed by atoms with Crippen LogP contribution in [0.2, 0.25) is 0 Å². The predicted molar refractivity (Wildman–Crippen MR) is 93.4 cm³/mol. The molecular weight excluding hydrogens is 300 g/mol. The number of carbonyl (C=O) groups excluding carboxylic acids is 2. The van der Waals surface area contributed by atoms with Crippen molar-refractivity contribution in [1.29, 1.82) is 0 Å². The van der Waals surface area contributed by atoms with Crippen molar-refractivity contribution in [3.05, 3.63) is 0 Å². The summed E-state index contributed by atoms with van der Waals surface area (Å²) in [5.74, 6) is 0.988. The number of carbonyl (C=O) groups is 2. The average Bonchev–Trinajstić information content (AvgIpc) is 3.46. The average molecular weight is 332 g/mol. The number of hydrogen-bond donors (Lipinski definition) is 0. The van der Waals surface area contributed by atoms with E-state index in [0.29, 0.717) is 23.8 Å². The molecule has 1 atom stereocenters. The van der Waals surface area contributed by atoms with E-state index in [4.69, 9.17) is 0 Å². The molecule has 4 heteroatoms. The van der Waals surface area contributed by atoms with Gasteiger partial charge < -0.3 is 9.80 Å². The van der Waals surface area contributed by atoms with Gasteiger partial charge in [-0.1, -0.05) is 19.3 Å². The van der Waals surface area contributed by atoms with Crippen molar-refractivity contribution in [2.24, 2.45) is 17.3 Å². The number of piperidine rings is 2. The summed E-state index contributed by atoms with van der Waals surface area (Å²) < 4.78 is 0. The Morgan fingerprint density at radius 3 is 2.12 bits per heavy atom. The second kappa shape index (κ2) is 6.68. The first-order chi connectivity index (χ1) is 11.7. The summed E-state index contributed by atoms with van der Waals surface area (Å²) in [6.07, 6.45) is 13.2. The van der Waals surface area contributed by atoms with E-state index in [1.807, 2.05) is 4.90 Å². The van der Waals surface area contributed by atoms with Gasteiger partial charge in [0.05, 0.1) is 5.92 Å². The summed E-state index contributed by atoms with van der Waals surface area (Å²) in [5.41, 5.74) is 0.421. The Morgan fingerprint density at radius 2 is 1.38 bits per heavy atom. The number of nitrogens with zero attached hydrogens (tertiary/aromatic N) is 2. The van der Waals surface area contributed by atoms with Gasteiger partial charge in [0.25, 0.3) is 0 Å². The third kappa shape index (κ3) is 3.34. The van der Waals surface area contributed by atoms with Gasteiger partial charge in [0, 0.05) is 32.1 Å². The smallest absolute Gasteiger partial charge is 0.227 e. The molecule has 0 aromatic rings. The van der Waals surface area contributed by atoms with Crippen molar-refractivity contribution >= 4 is 11.8 Å². The van der Waals surface area contributed by atoms with Gasteiger partial charge in [0.2, 0.25) is 11.8 Å². The standard InChI is InChI=1S/C20H32N2O2/c23-18(16-7-8-16)21-12-4-6-17(14-21)19(24)22-13-5-11-20(15-22)9-2-1-3-10-20/h16-17H,1-15H2. The molecule has 2 heterocycles. The lowest BCUT2D eigenvalue weighted by Crippen LogP contribution is -2.52. The zero-order valence-electron chi connectivity index (χ0n) is 15.0. The lowest BCUT2D eigenvalue weighted by Gasteiger charge is -2.46. The summed E-state index contributed by atoms with van der Waals surface area (Å²) in [6.45, 7) is 3.47. The van der Waals surface area contributed by atoms with Crippen molar-refractivity contribution in [3.8, 4) is 0 Å². The molecule has 0 bridgehead atoms. The minimum absolute atomic E-state index is 0.0557. The van der Waals surface area contributed by atoms with Crippen LogP contribution in [-0.2, 0) is 9.59 Å². The molecule has 2 saturated heterocycles. The van der Waals surface area contributed by atoms with Crippen molar-refractivity contribution in [3.63, 3.8) is 0 Å². The Kier molecular flexibility index (Phi) is 4.57. The SMILES string of the molecule is O=C(C1CC1)N1CCCC(C(=O)N2CCCC3(CCCCC3)C2)C1. The molecule has 4 fully saturated rings. The van der Waals surface area contributed by atoms with Crippen LogP contribution in [0.1, 0.15) is 70.6 Å². The Bertz CT molecular complexity index is 488. The molecule has 0 aromatic carbocycles. The molecule has 134 valence electrons. The van der Waals surface area contributed by atoms with E-state index in [2.05, 4.69) is 4.90 Å². The maximum atomic E-state index is 13.1. The van der Waals surface area contributed by atoms with Gasteiger partial charge in [-0.05, 0) is 56.8 Å². The highest BCUT2D eigenvalue weighted by molar-refractivity contribution is 5.83. The number of rotatable bonds is 2. The summed E-state index contributed by atoms with van der Waals surface area (Å²) in [7, 11) is 0. The molecule has 2 aliphatic carbocycles. The van der Waals surface area contributed by atoms with Gasteiger partial charge in [-0.25, -0.2) is 0 Å². The second-order valence-electron chi connectivity index (χ2n) is 8.82. The molecule has 1 spiro atoms. The van der Waals surface area contributed by atoms with E-state index in [-0.39, 0.29) is 11.8 Å². The molecular formula is C20H32N2O2. The molecule has 4 aliphatic rings. The molecule has 2 saturated carbocycles. The van der Waals surface area contributed by atoms with Gasteiger partial charge in [-0.15, -0.1) is 0 Å². The summed E-state index contributed by atoms with van der Waals surface area (Å²) >= 11 is 0. The first-order valence-electron chi connectivity index (χ1n) is 10.2. The van der Waals surface area contributed by atoms with E-state index in [1.165, 1.54) is 44.9 Å². The van der Waals surface area contributed by atoms with Gasteiger partial charge in [0.15, 0.2) is 0 Å². The summed E-state index contributed by atoms with van der Waals surface area (Å²) in [6, 6.07) is 0. The van der Waals surface area contributed by atoms with Gasteiger partial charge >= 0.3 is 0 Å². The lowest BCUT2D eigenvalue weighted by molar-refractivity contribution is -0.144. The zero-order chi connectivity index (χ0) is 16.6. The highest BCUT2D eigenvalue weighted by atomic mass is 16.2. The molecule has 0 N–H and O–H groups in total. The predicted octanol–water partition coefficient (Wildman–Crippen LogP) is 3.21. The summed E-state index contributed by atoms with van der Waals surface area (Å²) in [4.78, 5) is 29.6. The molecule has 1 unspecified atom stereocenters. The van der Waals surface area contributed by atoms with Crippen LogP contribution < -0.4 is 0 Å². The quantitative estimate of drug-likeness (QED) is 0.779. The van der Waals surface area contributed by atoms with Gasteiger partial charge in [0.1, 0.15) is 0 Å². The maximum absolute atomic E-state index is 13.1. The van der Waals surface area contributed by atoms with E-state index < -0.39 is 0 Å². The van der Waals surface area contributed by atoms with E-state index in [1.54, 1.807) is 0 Å². The fraction of sp³-hybridized carbons (Fsp3) is 0.900. The Hall–Kier alpha value is -1.06. The van der Waals surface area contributed by atoms with Crippen molar-refractivity contribution < 1.29 is 9.59 Å². The van der Waals surface area contributed by atoms with Crippen LogP contribution >= 0.6 is 0 Å². The third-order valence-electron chi connectivity index (χ3n) is 6.90. The molecule has 4 rings (SSSR count). The minimum Gasteiger partial charge on any atom is -0.342 e. The fourth-order valence-electron chi connectivity index (χ4n) is 5.33. The molecule has 0 aromatic heterocycles. The molecule has 4 nitrogen and oxygen atoms in total. The second-order valence-corrected chi connectivity index (χ2v) is 8.82. The van der Waals surface area contributed by atoms with E-state index >= 15 is 0 Å². The van der Waals surface area contributed by atoms with Crippen LogP contribution in [-0.4, -0.2) is 47.8 Å². The van der Waals surface area contributed by atoms with Crippen LogP contribution in [0.25, 0.3) is 0 Å². The topological polar surface area (TPSA) is 40.6 Å². The van der Waals surface area contributed by atoms with Crippen molar-refractivity contribution in [2.75, 3.05) is 26.2 Å². The fourth-order valence-corrected chi connectivity index (χ4v) is 5.33. The van der Waals surface area contributed by atoms with E-state index in [0.717, 1.165) is 45.3 Å². The van der Waals surface area contributed by atoms with Crippen LogP contribution in [0.3, 0.4) is 0 Å². The number of likely N-dealkylation sites (tertiary alicyclic amines) is 2. The molecule has 0 radical (unpaired) electrons. The summed E-state index contributed by atoms with van der Waals surface area (Å²) in [5, 5.41) is 0. The van der Waals surface area contributed by atoms with E-state index in [9.17, 15) is 9.59 Å². The first kappa shape index (κ1) is 16.4. The van der Waals surface area contributed by atoms with Crippen LogP contribution in [0.5, 0.6) is 0 Å². The molecule has 24 heavy (non-hydrogen) atoms. The largest absolute Gasteiger partial charge is 0.342 e. The van der Waals surface area contributed by atoms with Gasteiger partial charge in [-0.2, -0.15) is 0 Å². The normalized spacial score (nSPS) is 30.4. The first-order valence-corrected chi connectivity index (χ1v) is 10.2. The monoisotopic (exact) mass is 332 g/mol. The zero-order valence-corrected chi connectivity index (χ0v) is 15.0. The van der Waals surface area contributed by atoms with Crippen molar-refractivity contribution in [1.82, 2.24) is 9.80 Å².